The third-order valence-electron chi connectivity index (χ3n) is 3.16. The van der Waals surface area contributed by atoms with Crippen molar-refractivity contribution in [1.29, 1.82) is 5.26 Å². The van der Waals surface area contributed by atoms with Crippen LogP contribution in [-0.2, 0) is 4.79 Å². The molecule has 4 N–H and O–H groups in total. The van der Waals surface area contributed by atoms with Crippen LogP contribution in [0.2, 0.25) is 5.02 Å². The fraction of sp³-hybridized carbons (Fsp3) is 0.0667. The Morgan fingerprint density at radius 2 is 2.21 bits per heavy atom. The number of anilines is 4. The molecule has 3 aromatic rings. The zero-order valence-corrected chi connectivity index (χ0v) is 13.3. The van der Waals surface area contributed by atoms with Gasteiger partial charge in [0.05, 0.1) is 22.6 Å². The molecule has 0 bridgehead atoms. The average Bonchev–Trinajstić information content (AvgIpc) is 2.93. The Morgan fingerprint density at radius 3 is 2.92 bits per heavy atom. The number of imidazole rings is 1. The smallest absolute Gasteiger partial charge is 0.221 e. The second-order valence-corrected chi connectivity index (χ2v) is 5.38. The van der Waals surface area contributed by atoms with Crippen LogP contribution in [0.15, 0.2) is 30.5 Å². The van der Waals surface area contributed by atoms with Crippen molar-refractivity contribution >= 4 is 46.0 Å². The molecule has 9 heteroatoms. The summed E-state index contributed by atoms with van der Waals surface area (Å²) < 4.78 is 1.36. The van der Waals surface area contributed by atoms with E-state index < -0.39 is 0 Å². The van der Waals surface area contributed by atoms with Crippen molar-refractivity contribution < 1.29 is 4.79 Å². The first-order valence-corrected chi connectivity index (χ1v) is 7.24. The van der Waals surface area contributed by atoms with Gasteiger partial charge in [-0.3, -0.25) is 4.79 Å². The molecule has 120 valence electrons. The van der Waals surface area contributed by atoms with E-state index in [0.717, 1.165) is 0 Å². The number of carbonyl (C=O) groups is 1. The van der Waals surface area contributed by atoms with Gasteiger partial charge in [-0.25, -0.2) is 4.98 Å². The number of aromatic nitrogens is 3. The van der Waals surface area contributed by atoms with Crippen molar-refractivity contribution in [2.75, 3.05) is 16.4 Å². The van der Waals surface area contributed by atoms with E-state index in [-0.39, 0.29) is 11.6 Å². The third-order valence-corrected chi connectivity index (χ3v) is 3.49. The van der Waals surface area contributed by atoms with Gasteiger partial charge in [0.2, 0.25) is 5.91 Å². The third kappa shape index (κ3) is 2.93. The standard InChI is InChI=1S/C15H12ClN7O/c1-8(24)20-13-4-9(2-3-11(13)16)21-14-5-12(18)15-19-7-10(6-17)23(15)22-14/h2-5,7H,18H2,1H3,(H,20,24)(H,21,22). The van der Waals surface area contributed by atoms with Gasteiger partial charge in [-0.1, -0.05) is 11.6 Å². The van der Waals surface area contributed by atoms with E-state index in [1.54, 1.807) is 24.3 Å². The topological polar surface area (TPSA) is 121 Å². The van der Waals surface area contributed by atoms with Gasteiger partial charge in [0.25, 0.3) is 0 Å². The summed E-state index contributed by atoms with van der Waals surface area (Å²) in [7, 11) is 0. The van der Waals surface area contributed by atoms with Gasteiger partial charge < -0.3 is 16.4 Å². The highest BCUT2D eigenvalue weighted by atomic mass is 35.5. The van der Waals surface area contributed by atoms with Crippen LogP contribution in [-0.4, -0.2) is 20.5 Å². The van der Waals surface area contributed by atoms with Crippen LogP contribution in [0, 0.1) is 11.3 Å². The zero-order chi connectivity index (χ0) is 17.3. The molecule has 0 unspecified atom stereocenters. The largest absolute Gasteiger partial charge is 0.396 e. The Balaban J connectivity index is 1.98. The number of rotatable bonds is 3. The van der Waals surface area contributed by atoms with E-state index in [2.05, 4.69) is 20.7 Å². The molecule has 0 atom stereocenters. The highest BCUT2D eigenvalue weighted by Gasteiger charge is 2.10. The molecule has 0 radical (unpaired) electrons. The molecule has 0 saturated heterocycles. The molecule has 2 heterocycles. The summed E-state index contributed by atoms with van der Waals surface area (Å²) in [4.78, 5) is 15.3. The molecule has 1 amide bonds. The number of carbonyl (C=O) groups excluding carboxylic acids is 1. The maximum absolute atomic E-state index is 11.2. The number of nitrogens with two attached hydrogens (primary N) is 1. The summed E-state index contributed by atoms with van der Waals surface area (Å²) in [6, 6.07) is 8.65. The quantitative estimate of drug-likeness (QED) is 0.673. The first kappa shape index (κ1) is 15.6. The number of hydrogen-bond donors (Lipinski definition) is 3. The Kier molecular flexibility index (Phi) is 3.93. The van der Waals surface area contributed by atoms with Gasteiger partial charge in [-0.2, -0.15) is 9.78 Å². The number of nitrogens with one attached hydrogen (secondary N) is 2. The monoisotopic (exact) mass is 341 g/mol. The highest BCUT2D eigenvalue weighted by Crippen LogP contribution is 2.27. The summed E-state index contributed by atoms with van der Waals surface area (Å²) in [5.74, 6) is 0.195. The van der Waals surface area contributed by atoms with Gasteiger partial charge in [0, 0.05) is 18.7 Å². The number of nitriles is 1. The van der Waals surface area contributed by atoms with Gasteiger partial charge in [0.1, 0.15) is 6.07 Å². The molecular weight excluding hydrogens is 330 g/mol. The number of amides is 1. The van der Waals surface area contributed by atoms with Crippen molar-refractivity contribution in [1.82, 2.24) is 14.6 Å². The SMILES string of the molecule is CC(=O)Nc1cc(Nc2cc(N)c3ncc(C#N)n3n2)ccc1Cl. The Hall–Kier alpha value is -3.31. The van der Waals surface area contributed by atoms with Gasteiger partial charge in [0.15, 0.2) is 17.2 Å². The molecular formula is C15H12ClN7O. The Labute approximate surface area is 141 Å². The van der Waals surface area contributed by atoms with Crippen LogP contribution in [0.5, 0.6) is 0 Å². The molecule has 1 aromatic carbocycles. The van der Waals surface area contributed by atoms with Crippen molar-refractivity contribution in [3.8, 4) is 6.07 Å². The summed E-state index contributed by atoms with van der Waals surface area (Å²) in [6.07, 6.45) is 1.40. The normalized spacial score (nSPS) is 10.4. The number of benzene rings is 1. The lowest BCUT2D eigenvalue weighted by Crippen LogP contribution is -2.07. The van der Waals surface area contributed by atoms with Crippen molar-refractivity contribution in [3.63, 3.8) is 0 Å². The van der Waals surface area contributed by atoms with Gasteiger partial charge in [-0.15, -0.1) is 5.10 Å². The molecule has 0 spiro atoms. The maximum Gasteiger partial charge on any atom is 0.221 e. The van der Waals surface area contributed by atoms with E-state index in [1.165, 1.54) is 17.6 Å². The molecule has 0 fully saturated rings. The van der Waals surface area contributed by atoms with Crippen LogP contribution in [0.1, 0.15) is 12.6 Å². The number of halogens is 1. The van der Waals surface area contributed by atoms with Crippen molar-refractivity contribution in [2.24, 2.45) is 0 Å². The minimum atomic E-state index is -0.227. The lowest BCUT2D eigenvalue weighted by molar-refractivity contribution is -0.114. The minimum Gasteiger partial charge on any atom is -0.396 e. The summed E-state index contributed by atoms with van der Waals surface area (Å²) in [6.45, 7) is 1.40. The average molecular weight is 342 g/mol. The fourth-order valence-corrected chi connectivity index (χ4v) is 2.33. The summed E-state index contributed by atoms with van der Waals surface area (Å²) in [5, 5.41) is 19.5. The van der Waals surface area contributed by atoms with E-state index in [9.17, 15) is 4.79 Å². The van der Waals surface area contributed by atoms with Gasteiger partial charge >= 0.3 is 0 Å². The number of nitrogens with zero attached hydrogens (tertiary/aromatic N) is 4. The molecule has 0 aliphatic rings. The van der Waals surface area contributed by atoms with Crippen LogP contribution in [0.25, 0.3) is 5.65 Å². The van der Waals surface area contributed by atoms with Crippen LogP contribution in [0.4, 0.5) is 22.9 Å². The molecule has 8 nitrogen and oxygen atoms in total. The van der Waals surface area contributed by atoms with Crippen LogP contribution < -0.4 is 16.4 Å². The minimum absolute atomic E-state index is 0.227. The van der Waals surface area contributed by atoms with E-state index in [0.29, 0.717) is 33.5 Å². The molecule has 3 rings (SSSR count). The first-order chi connectivity index (χ1) is 11.5. The van der Waals surface area contributed by atoms with Crippen LogP contribution >= 0.6 is 11.6 Å². The predicted molar refractivity (Wildman–Crippen MR) is 91.2 cm³/mol. The predicted octanol–water partition coefficient (Wildman–Crippen LogP) is 2.54. The van der Waals surface area contributed by atoms with Crippen LogP contribution in [0.3, 0.4) is 0 Å². The summed E-state index contributed by atoms with van der Waals surface area (Å²) in [5.41, 5.74) is 8.13. The molecule has 0 aliphatic heterocycles. The molecule has 0 saturated carbocycles. The van der Waals surface area contributed by atoms with E-state index in [4.69, 9.17) is 22.6 Å². The lowest BCUT2D eigenvalue weighted by Gasteiger charge is -2.11. The molecule has 24 heavy (non-hydrogen) atoms. The number of hydrogen-bond acceptors (Lipinski definition) is 6. The number of fused-ring (bicyclic) bond motifs is 1. The highest BCUT2D eigenvalue weighted by molar-refractivity contribution is 6.33. The molecule has 0 aliphatic carbocycles. The Morgan fingerprint density at radius 1 is 1.42 bits per heavy atom. The molecule has 2 aromatic heterocycles. The Bertz CT molecular complexity index is 989. The first-order valence-electron chi connectivity index (χ1n) is 6.86. The summed E-state index contributed by atoms with van der Waals surface area (Å²) >= 11 is 6.04. The fourth-order valence-electron chi connectivity index (χ4n) is 2.17. The lowest BCUT2D eigenvalue weighted by atomic mass is 10.2. The second kappa shape index (κ2) is 6.06. The van der Waals surface area contributed by atoms with Crippen molar-refractivity contribution in [3.05, 3.63) is 41.2 Å². The maximum atomic E-state index is 11.2. The van der Waals surface area contributed by atoms with Gasteiger partial charge in [-0.05, 0) is 18.2 Å². The number of nitrogen functional groups attached to an aromatic ring is 1. The second-order valence-electron chi connectivity index (χ2n) is 4.98. The zero-order valence-electron chi connectivity index (χ0n) is 12.5. The van der Waals surface area contributed by atoms with E-state index >= 15 is 0 Å². The van der Waals surface area contributed by atoms with E-state index in [1.807, 2.05) is 6.07 Å². The van der Waals surface area contributed by atoms with Crippen molar-refractivity contribution in [2.45, 2.75) is 6.92 Å².